The molecule has 4 heteroatoms. The molecule has 4 nitrogen and oxygen atoms in total. The quantitative estimate of drug-likeness (QED) is 0.656. The van der Waals surface area contributed by atoms with Crippen LogP contribution >= 0.6 is 0 Å². The van der Waals surface area contributed by atoms with E-state index in [2.05, 4.69) is 0 Å². The van der Waals surface area contributed by atoms with Gasteiger partial charge in [-0.2, -0.15) is 10.5 Å². The maximum Gasteiger partial charge on any atom is 0.139 e. The molecule has 1 atom stereocenters. The van der Waals surface area contributed by atoms with Crippen LogP contribution in [0.1, 0.15) is 17.2 Å². The van der Waals surface area contributed by atoms with Crippen LogP contribution in [-0.4, -0.2) is 5.11 Å². The molecule has 0 aliphatic rings. The third-order valence-electron chi connectivity index (χ3n) is 1.66. The van der Waals surface area contributed by atoms with E-state index in [-0.39, 0.29) is 16.9 Å². The van der Waals surface area contributed by atoms with E-state index >= 15 is 0 Å². The zero-order chi connectivity index (χ0) is 9.84. The Labute approximate surface area is 75.4 Å². The molecule has 0 radical (unpaired) electrons. The number of benzene rings is 1. The Morgan fingerprint density at radius 3 is 2.62 bits per heavy atom. The van der Waals surface area contributed by atoms with Crippen molar-refractivity contribution in [3.8, 4) is 17.9 Å². The second kappa shape index (κ2) is 3.57. The van der Waals surface area contributed by atoms with Crippen molar-refractivity contribution >= 4 is 0 Å². The van der Waals surface area contributed by atoms with E-state index in [9.17, 15) is 5.11 Å². The summed E-state index contributed by atoms with van der Waals surface area (Å²) in [4.78, 5) is 0. The van der Waals surface area contributed by atoms with Crippen LogP contribution in [0.15, 0.2) is 18.2 Å². The number of aromatic hydroxyl groups is 1. The molecule has 0 fully saturated rings. The molecular formula is C9H7N3O. The van der Waals surface area contributed by atoms with Gasteiger partial charge in [-0.25, -0.2) is 0 Å². The van der Waals surface area contributed by atoms with E-state index < -0.39 is 6.04 Å². The van der Waals surface area contributed by atoms with Gasteiger partial charge in [0.2, 0.25) is 0 Å². The highest BCUT2D eigenvalue weighted by Crippen LogP contribution is 2.25. The van der Waals surface area contributed by atoms with Gasteiger partial charge in [-0.15, -0.1) is 0 Å². The molecule has 1 aromatic rings. The van der Waals surface area contributed by atoms with Crippen LogP contribution < -0.4 is 5.73 Å². The summed E-state index contributed by atoms with van der Waals surface area (Å²) in [5, 5.41) is 26.5. The van der Waals surface area contributed by atoms with Gasteiger partial charge >= 0.3 is 0 Å². The van der Waals surface area contributed by atoms with E-state index in [1.165, 1.54) is 12.1 Å². The molecule has 64 valence electrons. The van der Waals surface area contributed by atoms with Crippen molar-refractivity contribution in [3.63, 3.8) is 0 Å². The standard InChI is InChI=1S/C9H7N3O/c10-4-6-2-1-3-7(9(6)13)8(12)5-11/h1-3,8,13H,12H2/t8-/m0/s1. The van der Waals surface area contributed by atoms with Crippen molar-refractivity contribution in [2.24, 2.45) is 5.73 Å². The first-order valence-electron chi connectivity index (χ1n) is 3.58. The Balaban J connectivity index is 3.27. The average molecular weight is 173 g/mol. The lowest BCUT2D eigenvalue weighted by atomic mass is 10.0. The Bertz CT molecular complexity index is 400. The number of hydrogen-bond acceptors (Lipinski definition) is 4. The Morgan fingerprint density at radius 1 is 1.38 bits per heavy atom. The van der Waals surface area contributed by atoms with Crippen molar-refractivity contribution < 1.29 is 5.11 Å². The Hall–Kier alpha value is -2.04. The predicted octanol–water partition coefficient (Wildman–Crippen LogP) is 0.787. The normalized spacial score (nSPS) is 11.3. The number of nitrogens with two attached hydrogens (primary N) is 1. The minimum Gasteiger partial charge on any atom is -0.506 e. The van der Waals surface area contributed by atoms with Gasteiger partial charge in [-0.1, -0.05) is 12.1 Å². The zero-order valence-corrected chi connectivity index (χ0v) is 6.73. The summed E-state index contributed by atoms with van der Waals surface area (Å²) < 4.78 is 0. The first-order chi connectivity index (χ1) is 6.20. The smallest absolute Gasteiger partial charge is 0.139 e. The molecule has 0 saturated carbocycles. The zero-order valence-electron chi connectivity index (χ0n) is 6.73. The molecule has 1 aromatic carbocycles. The summed E-state index contributed by atoms with van der Waals surface area (Å²) >= 11 is 0. The number of phenols is 1. The molecule has 0 aliphatic heterocycles. The maximum absolute atomic E-state index is 9.44. The lowest BCUT2D eigenvalue weighted by molar-refractivity contribution is 0.464. The second-order valence-corrected chi connectivity index (χ2v) is 2.46. The number of phenolic OH excluding ortho intramolecular Hbond substituents is 1. The summed E-state index contributed by atoms with van der Waals surface area (Å²) in [6, 6.07) is 7.24. The second-order valence-electron chi connectivity index (χ2n) is 2.46. The summed E-state index contributed by atoms with van der Waals surface area (Å²) in [5.41, 5.74) is 5.80. The molecule has 0 bridgehead atoms. The van der Waals surface area contributed by atoms with Crippen LogP contribution in [0, 0.1) is 22.7 Å². The molecule has 1 rings (SSSR count). The molecule has 13 heavy (non-hydrogen) atoms. The van der Waals surface area contributed by atoms with Gasteiger partial charge in [-0.05, 0) is 6.07 Å². The minimum absolute atomic E-state index is 0.128. The van der Waals surface area contributed by atoms with E-state index in [1.807, 2.05) is 0 Å². The monoisotopic (exact) mass is 173 g/mol. The Morgan fingerprint density at radius 2 is 2.08 bits per heavy atom. The van der Waals surface area contributed by atoms with Gasteiger partial charge in [0.25, 0.3) is 0 Å². The summed E-state index contributed by atoms with van der Waals surface area (Å²) in [6.45, 7) is 0. The number of rotatable bonds is 1. The molecular weight excluding hydrogens is 166 g/mol. The summed E-state index contributed by atoms with van der Waals surface area (Å²) in [6.07, 6.45) is 0. The van der Waals surface area contributed by atoms with Crippen molar-refractivity contribution in [2.45, 2.75) is 6.04 Å². The third-order valence-corrected chi connectivity index (χ3v) is 1.66. The van der Waals surface area contributed by atoms with E-state index in [1.54, 1.807) is 18.2 Å². The van der Waals surface area contributed by atoms with Crippen molar-refractivity contribution in [3.05, 3.63) is 29.3 Å². The van der Waals surface area contributed by atoms with Crippen molar-refractivity contribution in [2.75, 3.05) is 0 Å². The van der Waals surface area contributed by atoms with E-state index in [0.717, 1.165) is 0 Å². The highest BCUT2D eigenvalue weighted by atomic mass is 16.3. The molecule has 0 saturated heterocycles. The fourth-order valence-electron chi connectivity index (χ4n) is 0.972. The third kappa shape index (κ3) is 1.58. The topological polar surface area (TPSA) is 93.8 Å². The highest BCUT2D eigenvalue weighted by molar-refractivity contribution is 5.49. The van der Waals surface area contributed by atoms with Crippen LogP contribution in [0.4, 0.5) is 0 Å². The van der Waals surface area contributed by atoms with Gasteiger partial charge in [0, 0.05) is 5.56 Å². The first-order valence-corrected chi connectivity index (χ1v) is 3.58. The first kappa shape index (κ1) is 9.05. The van der Waals surface area contributed by atoms with Crippen LogP contribution in [0.25, 0.3) is 0 Å². The number of hydrogen-bond donors (Lipinski definition) is 2. The minimum atomic E-state index is -0.895. The van der Waals surface area contributed by atoms with Crippen molar-refractivity contribution in [1.29, 1.82) is 10.5 Å². The van der Waals surface area contributed by atoms with Gasteiger partial charge in [0.1, 0.15) is 17.9 Å². The van der Waals surface area contributed by atoms with Gasteiger partial charge in [0.15, 0.2) is 0 Å². The van der Waals surface area contributed by atoms with E-state index in [0.29, 0.717) is 0 Å². The molecule has 0 spiro atoms. The number of para-hydroxylation sites is 1. The molecule has 0 unspecified atom stereocenters. The summed E-state index contributed by atoms with van der Waals surface area (Å²) in [5.74, 6) is -0.209. The van der Waals surface area contributed by atoms with Gasteiger partial charge in [-0.3, -0.25) is 0 Å². The SMILES string of the molecule is N#Cc1cccc([C@@H](N)C#N)c1O. The van der Waals surface area contributed by atoms with Crippen LogP contribution in [0.5, 0.6) is 5.75 Å². The van der Waals surface area contributed by atoms with Crippen LogP contribution in [-0.2, 0) is 0 Å². The molecule has 0 amide bonds. The fourth-order valence-corrected chi connectivity index (χ4v) is 0.972. The molecule has 0 aliphatic carbocycles. The number of nitrogens with zero attached hydrogens (tertiary/aromatic N) is 2. The number of nitriles is 2. The Kier molecular flexibility index (Phi) is 2.49. The molecule has 0 heterocycles. The average Bonchev–Trinajstić information content (AvgIpc) is 2.17. The largest absolute Gasteiger partial charge is 0.506 e. The maximum atomic E-state index is 9.44. The van der Waals surface area contributed by atoms with Gasteiger partial charge < -0.3 is 10.8 Å². The molecule has 0 aromatic heterocycles. The predicted molar refractivity (Wildman–Crippen MR) is 45.4 cm³/mol. The highest BCUT2D eigenvalue weighted by Gasteiger charge is 2.12. The van der Waals surface area contributed by atoms with Crippen LogP contribution in [0.3, 0.4) is 0 Å². The van der Waals surface area contributed by atoms with E-state index in [4.69, 9.17) is 16.3 Å². The van der Waals surface area contributed by atoms with Gasteiger partial charge in [0.05, 0.1) is 11.6 Å². The molecule has 3 N–H and O–H groups in total. The van der Waals surface area contributed by atoms with Crippen molar-refractivity contribution in [1.82, 2.24) is 0 Å². The lowest BCUT2D eigenvalue weighted by Crippen LogP contribution is -2.07. The fraction of sp³-hybridized carbons (Fsp3) is 0.111. The lowest BCUT2D eigenvalue weighted by Gasteiger charge is -2.06. The van der Waals surface area contributed by atoms with Crippen LogP contribution in [0.2, 0.25) is 0 Å². The summed E-state index contributed by atoms with van der Waals surface area (Å²) in [7, 11) is 0.